The third-order valence-corrected chi connectivity index (χ3v) is 4.44. The number of benzene rings is 1. The first-order valence-corrected chi connectivity index (χ1v) is 8.27. The summed E-state index contributed by atoms with van der Waals surface area (Å²) in [5.74, 6) is 0.0354. The van der Waals surface area contributed by atoms with Crippen LogP contribution in [0, 0.1) is 0 Å². The smallest absolute Gasteiger partial charge is 0.253 e. The maximum absolute atomic E-state index is 12.1. The summed E-state index contributed by atoms with van der Waals surface area (Å²) < 4.78 is 0. The van der Waals surface area contributed by atoms with Gasteiger partial charge in [-0.3, -0.25) is 9.69 Å². The molecule has 1 aliphatic rings. The van der Waals surface area contributed by atoms with E-state index in [4.69, 9.17) is 0 Å². The van der Waals surface area contributed by atoms with Gasteiger partial charge in [0.05, 0.1) is 6.61 Å². The van der Waals surface area contributed by atoms with Crippen LogP contribution in [0.3, 0.4) is 0 Å². The fourth-order valence-corrected chi connectivity index (χ4v) is 3.26. The molecule has 2 rings (SSSR count). The van der Waals surface area contributed by atoms with Gasteiger partial charge in [0.2, 0.25) is 0 Å². The first-order valence-electron chi connectivity index (χ1n) is 8.27. The Labute approximate surface area is 133 Å². The van der Waals surface area contributed by atoms with Gasteiger partial charge in [-0.2, -0.15) is 0 Å². The summed E-state index contributed by atoms with van der Waals surface area (Å²) in [4.78, 5) is 16.1. The number of hydrogen-bond acceptors (Lipinski definition) is 3. The average Bonchev–Trinajstić information content (AvgIpc) is 2.55. The maximum Gasteiger partial charge on any atom is 0.253 e. The Bertz CT molecular complexity index is 482. The molecule has 1 aromatic carbocycles. The highest BCUT2D eigenvalue weighted by atomic mass is 16.3. The van der Waals surface area contributed by atoms with Gasteiger partial charge in [-0.05, 0) is 30.5 Å². The highest BCUT2D eigenvalue weighted by Crippen LogP contribution is 2.24. The lowest BCUT2D eigenvalue weighted by atomic mass is 9.93. The lowest BCUT2D eigenvalue weighted by Gasteiger charge is -2.34. The summed E-state index contributed by atoms with van der Waals surface area (Å²) in [6.07, 6.45) is 6.33. The van der Waals surface area contributed by atoms with Crippen molar-refractivity contribution >= 4 is 5.91 Å². The van der Waals surface area contributed by atoms with Gasteiger partial charge in [-0.15, -0.1) is 0 Å². The molecule has 4 nitrogen and oxygen atoms in total. The number of aliphatic hydroxyl groups is 1. The summed E-state index contributed by atoms with van der Waals surface area (Å²) in [7, 11) is 3.55. The molecule has 0 bridgehead atoms. The highest BCUT2D eigenvalue weighted by Gasteiger charge is 2.21. The van der Waals surface area contributed by atoms with Gasteiger partial charge < -0.3 is 10.0 Å². The number of nitrogens with zero attached hydrogens (tertiary/aromatic N) is 2. The van der Waals surface area contributed by atoms with E-state index in [9.17, 15) is 9.90 Å². The van der Waals surface area contributed by atoms with Crippen LogP contribution in [-0.2, 0) is 6.54 Å². The molecule has 1 aliphatic carbocycles. The van der Waals surface area contributed by atoms with Gasteiger partial charge in [-0.1, -0.05) is 31.4 Å². The van der Waals surface area contributed by atoms with Crippen molar-refractivity contribution < 1.29 is 9.90 Å². The summed E-state index contributed by atoms with van der Waals surface area (Å²) in [5, 5.41) is 9.36. The quantitative estimate of drug-likeness (QED) is 0.878. The largest absolute Gasteiger partial charge is 0.395 e. The molecule has 1 N–H and O–H groups in total. The Balaban J connectivity index is 2.08. The average molecular weight is 304 g/mol. The number of hydrogen-bond donors (Lipinski definition) is 1. The third-order valence-electron chi connectivity index (χ3n) is 4.44. The number of carbonyl (C=O) groups excluding carboxylic acids is 1. The lowest BCUT2D eigenvalue weighted by molar-refractivity contribution is 0.0827. The third kappa shape index (κ3) is 4.55. The predicted octanol–water partition coefficient (Wildman–Crippen LogP) is 2.52. The Hall–Kier alpha value is -1.39. The number of rotatable bonds is 6. The molecule has 22 heavy (non-hydrogen) atoms. The van der Waals surface area contributed by atoms with E-state index in [1.165, 1.54) is 32.1 Å². The second kappa shape index (κ2) is 8.30. The Morgan fingerprint density at radius 2 is 1.95 bits per heavy atom. The molecule has 0 saturated heterocycles. The molecule has 1 aromatic rings. The summed E-state index contributed by atoms with van der Waals surface area (Å²) >= 11 is 0. The van der Waals surface area contributed by atoms with E-state index in [1.54, 1.807) is 19.0 Å². The van der Waals surface area contributed by atoms with Crippen molar-refractivity contribution in [2.45, 2.75) is 44.7 Å². The SMILES string of the molecule is CN(C)C(=O)c1cccc(CN(CCO)C2CCCCC2)c1. The molecule has 0 radical (unpaired) electrons. The molecule has 1 saturated carbocycles. The highest BCUT2D eigenvalue weighted by molar-refractivity contribution is 5.94. The number of aliphatic hydroxyl groups excluding tert-OH is 1. The summed E-state index contributed by atoms with van der Waals surface area (Å²) in [5.41, 5.74) is 1.88. The Morgan fingerprint density at radius 1 is 1.23 bits per heavy atom. The van der Waals surface area contributed by atoms with Crippen LogP contribution in [0.4, 0.5) is 0 Å². The van der Waals surface area contributed by atoms with Crippen LogP contribution in [0.2, 0.25) is 0 Å². The zero-order valence-corrected chi connectivity index (χ0v) is 13.8. The van der Waals surface area contributed by atoms with E-state index in [0.29, 0.717) is 12.6 Å². The molecular formula is C18H28N2O2. The maximum atomic E-state index is 12.1. The first-order chi connectivity index (χ1) is 10.6. The molecule has 0 atom stereocenters. The van der Waals surface area contributed by atoms with E-state index in [2.05, 4.69) is 11.0 Å². The van der Waals surface area contributed by atoms with Crippen molar-refractivity contribution in [3.8, 4) is 0 Å². The molecule has 122 valence electrons. The zero-order chi connectivity index (χ0) is 15.9. The molecule has 0 unspecified atom stereocenters. The second-order valence-corrected chi connectivity index (χ2v) is 6.39. The Morgan fingerprint density at radius 3 is 2.59 bits per heavy atom. The number of amides is 1. The minimum Gasteiger partial charge on any atom is -0.395 e. The molecule has 0 heterocycles. The summed E-state index contributed by atoms with van der Waals surface area (Å²) in [6, 6.07) is 8.43. The minimum absolute atomic E-state index is 0.0354. The van der Waals surface area contributed by atoms with E-state index >= 15 is 0 Å². The van der Waals surface area contributed by atoms with Crippen LogP contribution < -0.4 is 0 Å². The summed E-state index contributed by atoms with van der Waals surface area (Å²) in [6.45, 7) is 1.70. The van der Waals surface area contributed by atoms with Crippen molar-refractivity contribution in [1.82, 2.24) is 9.80 Å². The van der Waals surface area contributed by atoms with Gasteiger partial charge in [-0.25, -0.2) is 0 Å². The first kappa shape index (κ1) is 17.0. The molecule has 0 aliphatic heterocycles. The van der Waals surface area contributed by atoms with Crippen LogP contribution in [0.25, 0.3) is 0 Å². The fourth-order valence-electron chi connectivity index (χ4n) is 3.26. The monoisotopic (exact) mass is 304 g/mol. The predicted molar refractivity (Wildman–Crippen MR) is 88.8 cm³/mol. The van der Waals surface area contributed by atoms with Gasteiger partial charge in [0.15, 0.2) is 0 Å². The van der Waals surface area contributed by atoms with Crippen LogP contribution in [0.15, 0.2) is 24.3 Å². The number of carbonyl (C=O) groups is 1. The van der Waals surface area contributed by atoms with Crippen LogP contribution in [0.1, 0.15) is 48.0 Å². The van der Waals surface area contributed by atoms with Crippen LogP contribution >= 0.6 is 0 Å². The molecule has 0 aromatic heterocycles. The van der Waals surface area contributed by atoms with Crippen molar-refractivity contribution in [2.24, 2.45) is 0 Å². The standard InChI is InChI=1S/C18H28N2O2/c1-19(2)18(22)16-8-6-7-15(13-16)14-20(11-12-21)17-9-4-3-5-10-17/h6-8,13,17,21H,3-5,9-12,14H2,1-2H3. The van der Waals surface area contributed by atoms with Crippen LogP contribution in [0.5, 0.6) is 0 Å². The zero-order valence-electron chi connectivity index (χ0n) is 13.8. The van der Waals surface area contributed by atoms with Crippen molar-refractivity contribution in [3.05, 3.63) is 35.4 Å². The lowest BCUT2D eigenvalue weighted by Crippen LogP contribution is -2.38. The molecule has 0 spiro atoms. The molecule has 1 amide bonds. The van der Waals surface area contributed by atoms with E-state index < -0.39 is 0 Å². The van der Waals surface area contributed by atoms with Crippen LogP contribution in [-0.4, -0.2) is 54.1 Å². The van der Waals surface area contributed by atoms with E-state index in [-0.39, 0.29) is 12.5 Å². The normalized spacial score (nSPS) is 16.0. The van der Waals surface area contributed by atoms with E-state index in [1.807, 2.05) is 18.2 Å². The molecule has 4 heteroatoms. The van der Waals surface area contributed by atoms with Gasteiger partial charge >= 0.3 is 0 Å². The molecular weight excluding hydrogens is 276 g/mol. The van der Waals surface area contributed by atoms with Gasteiger partial charge in [0, 0.05) is 38.8 Å². The van der Waals surface area contributed by atoms with E-state index in [0.717, 1.165) is 17.7 Å². The second-order valence-electron chi connectivity index (χ2n) is 6.39. The van der Waals surface area contributed by atoms with Crippen molar-refractivity contribution in [3.63, 3.8) is 0 Å². The van der Waals surface area contributed by atoms with Crippen molar-refractivity contribution in [2.75, 3.05) is 27.2 Å². The van der Waals surface area contributed by atoms with Crippen molar-refractivity contribution in [1.29, 1.82) is 0 Å². The van der Waals surface area contributed by atoms with Gasteiger partial charge in [0.25, 0.3) is 5.91 Å². The topological polar surface area (TPSA) is 43.8 Å². The minimum atomic E-state index is 0.0354. The Kier molecular flexibility index (Phi) is 6.40. The fraction of sp³-hybridized carbons (Fsp3) is 0.611. The molecule has 1 fully saturated rings. The van der Waals surface area contributed by atoms with Gasteiger partial charge in [0.1, 0.15) is 0 Å².